The number of pyridine rings is 1. The van der Waals surface area contributed by atoms with Crippen molar-refractivity contribution in [1.82, 2.24) is 14.8 Å². The van der Waals surface area contributed by atoms with Gasteiger partial charge in [0.05, 0.1) is 11.7 Å². The zero-order valence-corrected chi connectivity index (χ0v) is 13.3. The number of benzene rings is 1. The molecule has 0 spiro atoms. The maximum absolute atomic E-state index is 12.3. The quantitative estimate of drug-likeness (QED) is 0.660. The summed E-state index contributed by atoms with van der Waals surface area (Å²) in [6.07, 6.45) is 2.18. The Balaban J connectivity index is 1.60. The van der Waals surface area contributed by atoms with Crippen molar-refractivity contribution in [3.8, 4) is 5.82 Å². The van der Waals surface area contributed by atoms with E-state index < -0.39 is 12.1 Å². The number of H-pyrrole nitrogens is 1. The van der Waals surface area contributed by atoms with E-state index in [2.05, 4.69) is 10.1 Å². The Morgan fingerprint density at radius 3 is 2.68 bits per heavy atom. The molecule has 3 aromatic rings. The van der Waals surface area contributed by atoms with Crippen LogP contribution < -0.4 is 5.56 Å². The Labute approximate surface area is 143 Å². The number of carbonyl (C=O) groups is 1. The molecule has 25 heavy (non-hydrogen) atoms. The summed E-state index contributed by atoms with van der Waals surface area (Å²) in [6, 6.07) is 13.7. The molecule has 7 nitrogen and oxygen atoms in total. The first-order chi connectivity index (χ1) is 12.1. The standard InChI is InChI=1S/C18H17N3O4/c22-15(12-25-18(24)13-6-2-1-3-7-13)10-14-11-20-21(17(14)23)16-8-4-5-9-19-16/h1-9,11,15,20,22H,10,12H2/t15-/m0/s1. The number of hydrogen-bond donors (Lipinski definition) is 2. The van der Waals surface area contributed by atoms with Gasteiger partial charge in [0, 0.05) is 24.4 Å². The Bertz CT molecular complexity index is 887. The molecular formula is C18H17N3O4. The number of aliphatic hydroxyl groups is 1. The molecule has 1 atom stereocenters. The highest BCUT2D eigenvalue weighted by atomic mass is 16.5. The van der Waals surface area contributed by atoms with Crippen molar-refractivity contribution >= 4 is 5.97 Å². The molecule has 0 fully saturated rings. The van der Waals surface area contributed by atoms with Crippen LogP contribution in [-0.2, 0) is 11.2 Å². The lowest BCUT2D eigenvalue weighted by atomic mass is 10.1. The number of hydrogen-bond acceptors (Lipinski definition) is 5. The number of nitrogens with one attached hydrogen (secondary N) is 1. The molecule has 1 aromatic carbocycles. The highest BCUT2D eigenvalue weighted by molar-refractivity contribution is 5.89. The van der Waals surface area contributed by atoms with Crippen LogP contribution in [0.5, 0.6) is 0 Å². The van der Waals surface area contributed by atoms with Gasteiger partial charge in [0.25, 0.3) is 5.56 Å². The minimum Gasteiger partial charge on any atom is -0.459 e. The van der Waals surface area contributed by atoms with Crippen molar-refractivity contribution < 1.29 is 14.6 Å². The van der Waals surface area contributed by atoms with Gasteiger partial charge in [-0.1, -0.05) is 24.3 Å². The van der Waals surface area contributed by atoms with Crippen molar-refractivity contribution in [2.45, 2.75) is 12.5 Å². The van der Waals surface area contributed by atoms with E-state index in [0.29, 0.717) is 16.9 Å². The average molecular weight is 339 g/mol. The number of aromatic amines is 1. The van der Waals surface area contributed by atoms with Gasteiger partial charge in [0.1, 0.15) is 6.61 Å². The fraction of sp³-hybridized carbons (Fsp3) is 0.167. The second-order valence-corrected chi connectivity index (χ2v) is 5.45. The van der Waals surface area contributed by atoms with Crippen LogP contribution in [0.25, 0.3) is 5.82 Å². The predicted molar refractivity (Wildman–Crippen MR) is 90.6 cm³/mol. The van der Waals surface area contributed by atoms with Crippen LogP contribution >= 0.6 is 0 Å². The van der Waals surface area contributed by atoms with E-state index >= 15 is 0 Å². The third-order valence-electron chi connectivity index (χ3n) is 3.60. The first-order valence-corrected chi connectivity index (χ1v) is 7.76. The lowest BCUT2D eigenvalue weighted by molar-refractivity contribution is 0.0258. The topological polar surface area (TPSA) is 97.2 Å². The molecule has 128 valence electrons. The second-order valence-electron chi connectivity index (χ2n) is 5.45. The summed E-state index contributed by atoms with van der Waals surface area (Å²) in [7, 11) is 0. The molecule has 0 amide bonds. The maximum atomic E-state index is 12.3. The summed E-state index contributed by atoms with van der Waals surface area (Å²) >= 11 is 0. The minimum absolute atomic E-state index is 0.0667. The van der Waals surface area contributed by atoms with E-state index in [9.17, 15) is 14.7 Å². The number of esters is 1. The van der Waals surface area contributed by atoms with Crippen molar-refractivity contribution in [2.75, 3.05) is 6.61 Å². The highest BCUT2D eigenvalue weighted by Crippen LogP contribution is 2.05. The summed E-state index contributed by atoms with van der Waals surface area (Å²) in [5, 5.41) is 12.9. The largest absolute Gasteiger partial charge is 0.459 e. The van der Waals surface area contributed by atoms with Crippen LogP contribution in [0, 0.1) is 0 Å². The van der Waals surface area contributed by atoms with Crippen molar-refractivity contribution in [3.05, 3.63) is 82.4 Å². The third kappa shape index (κ3) is 4.02. The van der Waals surface area contributed by atoms with Crippen molar-refractivity contribution in [3.63, 3.8) is 0 Å². The summed E-state index contributed by atoms with van der Waals surface area (Å²) in [4.78, 5) is 28.3. The first kappa shape index (κ1) is 16.7. The fourth-order valence-corrected chi connectivity index (χ4v) is 2.35. The molecule has 2 N–H and O–H groups in total. The molecule has 7 heteroatoms. The average Bonchev–Trinajstić information content (AvgIpc) is 3.01. The Hall–Kier alpha value is -3.19. The molecule has 0 aliphatic carbocycles. The molecule has 0 unspecified atom stereocenters. The molecule has 0 radical (unpaired) electrons. The number of ether oxygens (including phenoxy) is 1. The van der Waals surface area contributed by atoms with E-state index in [4.69, 9.17) is 4.74 Å². The molecular weight excluding hydrogens is 322 g/mol. The van der Waals surface area contributed by atoms with Gasteiger partial charge < -0.3 is 9.84 Å². The Kier molecular flexibility index (Phi) is 5.06. The third-order valence-corrected chi connectivity index (χ3v) is 3.60. The maximum Gasteiger partial charge on any atom is 0.338 e. The van der Waals surface area contributed by atoms with Gasteiger partial charge in [-0.05, 0) is 24.3 Å². The predicted octanol–water partition coefficient (Wildman–Crippen LogP) is 1.32. The Morgan fingerprint density at radius 1 is 1.20 bits per heavy atom. The molecule has 0 bridgehead atoms. The van der Waals surface area contributed by atoms with Gasteiger partial charge in [-0.25, -0.2) is 14.5 Å². The van der Waals surface area contributed by atoms with Crippen LogP contribution in [0.1, 0.15) is 15.9 Å². The summed E-state index contributed by atoms with van der Waals surface area (Å²) in [6.45, 7) is -0.193. The van der Waals surface area contributed by atoms with Gasteiger partial charge in [0.15, 0.2) is 5.82 Å². The molecule has 0 aliphatic rings. The van der Waals surface area contributed by atoms with Crippen LogP contribution in [0.2, 0.25) is 0 Å². The van der Waals surface area contributed by atoms with E-state index in [1.54, 1.807) is 54.7 Å². The molecule has 3 rings (SSSR count). The van der Waals surface area contributed by atoms with Gasteiger partial charge >= 0.3 is 5.97 Å². The molecule has 0 saturated carbocycles. The number of carbonyl (C=O) groups excluding carboxylic acids is 1. The molecule has 0 saturated heterocycles. The van der Waals surface area contributed by atoms with E-state index in [1.807, 2.05) is 0 Å². The van der Waals surface area contributed by atoms with Gasteiger partial charge in [-0.3, -0.25) is 9.89 Å². The lowest BCUT2D eigenvalue weighted by Gasteiger charge is -2.10. The summed E-state index contributed by atoms with van der Waals surface area (Å²) < 4.78 is 6.36. The number of rotatable bonds is 6. The monoisotopic (exact) mass is 339 g/mol. The minimum atomic E-state index is -0.978. The number of aromatic nitrogens is 3. The summed E-state index contributed by atoms with van der Waals surface area (Å²) in [5.74, 6) is -0.0524. The molecule has 2 heterocycles. The SMILES string of the molecule is O=C(OC[C@@H](O)Cc1c[nH]n(-c2ccccn2)c1=O)c1ccccc1. The van der Waals surface area contributed by atoms with Crippen LogP contribution in [0.15, 0.2) is 65.7 Å². The van der Waals surface area contributed by atoms with E-state index in [1.165, 1.54) is 10.9 Å². The normalized spacial score (nSPS) is 11.9. The number of aliphatic hydroxyl groups excluding tert-OH is 1. The van der Waals surface area contributed by atoms with Gasteiger partial charge in [-0.15, -0.1) is 0 Å². The van der Waals surface area contributed by atoms with Crippen molar-refractivity contribution in [1.29, 1.82) is 0 Å². The van der Waals surface area contributed by atoms with Gasteiger partial charge in [0.2, 0.25) is 0 Å². The second kappa shape index (κ2) is 7.59. The first-order valence-electron chi connectivity index (χ1n) is 7.76. The van der Waals surface area contributed by atoms with E-state index in [-0.39, 0.29) is 18.6 Å². The zero-order valence-electron chi connectivity index (χ0n) is 13.3. The van der Waals surface area contributed by atoms with Gasteiger partial charge in [-0.2, -0.15) is 0 Å². The van der Waals surface area contributed by atoms with Crippen molar-refractivity contribution in [2.24, 2.45) is 0 Å². The smallest absolute Gasteiger partial charge is 0.338 e. The van der Waals surface area contributed by atoms with Crippen LogP contribution in [0.4, 0.5) is 0 Å². The fourth-order valence-electron chi connectivity index (χ4n) is 2.35. The lowest BCUT2D eigenvalue weighted by Crippen LogP contribution is -2.25. The van der Waals surface area contributed by atoms with E-state index in [0.717, 1.165) is 0 Å². The van der Waals surface area contributed by atoms with Crippen LogP contribution in [-0.4, -0.2) is 38.6 Å². The molecule has 2 aromatic heterocycles. The molecule has 0 aliphatic heterocycles. The number of nitrogens with zero attached hydrogens (tertiary/aromatic N) is 2. The summed E-state index contributed by atoms with van der Waals surface area (Å²) in [5.41, 5.74) is 0.495. The highest BCUT2D eigenvalue weighted by Gasteiger charge is 2.15. The zero-order chi connectivity index (χ0) is 17.6. The van der Waals surface area contributed by atoms with Crippen LogP contribution in [0.3, 0.4) is 0 Å². The Morgan fingerprint density at radius 2 is 1.96 bits per heavy atom.